The molecule has 0 aromatic carbocycles. The fraction of sp³-hybridized carbons (Fsp3) is 0. The van der Waals surface area contributed by atoms with Crippen molar-refractivity contribution in [1.29, 1.82) is 0 Å². The summed E-state index contributed by atoms with van der Waals surface area (Å²) in [5.41, 5.74) is 0. The molecule has 0 saturated heterocycles. The van der Waals surface area contributed by atoms with Gasteiger partial charge in [0.1, 0.15) is 0 Å². The molecule has 0 fully saturated rings. The molecule has 0 amide bonds. The first-order valence-electron chi connectivity index (χ1n) is 5.13. The zero-order valence-electron chi connectivity index (χ0n) is 10.2. The molecule has 116 valence electrons. The van der Waals surface area contributed by atoms with Gasteiger partial charge >= 0.3 is 10.1 Å². The summed E-state index contributed by atoms with van der Waals surface area (Å²) >= 11 is 0. The van der Waals surface area contributed by atoms with Gasteiger partial charge in [-0.15, -0.1) is 10.2 Å². The lowest BCUT2D eigenvalue weighted by atomic mass is 10.6. The van der Waals surface area contributed by atoms with E-state index in [1.165, 1.54) is 0 Å². The van der Waals surface area contributed by atoms with Gasteiger partial charge < -0.3 is 0 Å². The number of nitro groups is 2. The molecule has 0 radical (unpaired) electrons. The maximum Gasteiger partial charge on any atom is 0.365 e. The second-order valence-corrected chi connectivity index (χ2v) is 7.43. The number of hydrogen-bond acceptors (Lipinski definition) is 10. The first-order valence-corrected chi connectivity index (χ1v) is 8.10. The largest absolute Gasteiger partial charge is 0.365 e. The van der Waals surface area contributed by atoms with Crippen LogP contribution >= 0.6 is 0 Å². The molecule has 0 N–H and O–H groups in total. The Morgan fingerprint density at radius 3 is 1.27 bits per heavy atom. The van der Waals surface area contributed by atoms with E-state index >= 15 is 0 Å². The first-order chi connectivity index (χ1) is 10.1. The maximum atomic E-state index is 11.7. The number of nitrogens with zero attached hydrogens (tertiary/aromatic N) is 4. The van der Waals surface area contributed by atoms with E-state index in [-0.39, 0.29) is 0 Å². The summed E-state index contributed by atoms with van der Waals surface area (Å²) in [6, 6.07) is 0. The molecule has 0 aliphatic carbocycles. The fourth-order valence-corrected chi connectivity index (χ4v) is 3.55. The van der Waals surface area contributed by atoms with E-state index in [4.69, 9.17) is 0 Å². The van der Waals surface area contributed by atoms with Crippen LogP contribution in [-0.2, 0) is 19.7 Å². The smallest absolute Gasteiger partial charge is 0.258 e. The molecule has 0 aromatic heterocycles. The molecule has 0 saturated carbocycles. The minimum absolute atomic E-state index is 0.669. The molecule has 0 bridgehead atoms. The number of allylic oxidation sites excluding steroid dienone is 4. The van der Waals surface area contributed by atoms with Crippen LogP contribution in [-0.4, -0.2) is 26.7 Å². The fourth-order valence-electron chi connectivity index (χ4n) is 1.45. The van der Waals surface area contributed by atoms with Crippen molar-refractivity contribution in [2.75, 3.05) is 0 Å². The number of azo groups is 1. The second kappa shape index (κ2) is 4.92. The SMILES string of the molecule is O=[N+]([O-])C1=CC=C(/N=N\C2=CC=C([N+](=O)[O-])S2(=O)=O)S1(=O)=O. The van der Waals surface area contributed by atoms with Crippen LogP contribution in [0.2, 0.25) is 0 Å². The van der Waals surface area contributed by atoms with Gasteiger partial charge in [-0.05, 0) is 12.2 Å². The van der Waals surface area contributed by atoms with Crippen LogP contribution in [0.25, 0.3) is 0 Å². The molecular weight excluding hydrogens is 344 g/mol. The number of rotatable bonds is 4. The Balaban J connectivity index is 2.28. The molecule has 2 aliphatic rings. The van der Waals surface area contributed by atoms with Crippen LogP contribution in [0, 0.1) is 20.2 Å². The van der Waals surface area contributed by atoms with Crippen molar-refractivity contribution in [1.82, 2.24) is 0 Å². The standard InChI is InChI=1S/C8H4N4O8S2/c13-11(14)7-3-1-5(21(7,17)18)9-10-6-2-4-8(12(15)16)22(6,19)20/h1-4H/b10-9-. The minimum Gasteiger partial charge on any atom is -0.258 e. The molecule has 0 aromatic rings. The maximum absolute atomic E-state index is 11.7. The third-order valence-electron chi connectivity index (χ3n) is 2.45. The molecule has 12 nitrogen and oxygen atoms in total. The Morgan fingerprint density at radius 2 is 1.05 bits per heavy atom. The summed E-state index contributed by atoms with van der Waals surface area (Å²) in [5.74, 6) is 0. The molecule has 0 atom stereocenters. The van der Waals surface area contributed by atoms with Gasteiger partial charge in [0.25, 0.3) is 19.7 Å². The van der Waals surface area contributed by atoms with Crippen molar-refractivity contribution in [3.05, 3.63) is 64.6 Å². The van der Waals surface area contributed by atoms with E-state index in [1.807, 2.05) is 0 Å². The van der Waals surface area contributed by atoms with E-state index in [0.29, 0.717) is 12.2 Å². The molecule has 0 spiro atoms. The monoisotopic (exact) mass is 348 g/mol. The van der Waals surface area contributed by atoms with Crippen molar-refractivity contribution in [3.63, 3.8) is 0 Å². The van der Waals surface area contributed by atoms with Crippen molar-refractivity contribution in [2.45, 2.75) is 0 Å². The molecule has 2 rings (SSSR count). The van der Waals surface area contributed by atoms with Gasteiger partial charge in [0.15, 0.2) is 10.1 Å². The molecule has 14 heteroatoms. The van der Waals surface area contributed by atoms with Crippen molar-refractivity contribution >= 4 is 19.7 Å². The van der Waals surface area contributed by atoms with Gasteiger partial charge in [-0.3, -0.25) is 20.2 Å². The number of sulfone groups is 2. The lowest BCUT2D eigenvalue weighted by molar-refractivity contribution is -0.411. The highest BCUT2D eigenvalue weighted by Gasteiger charge is 2.40. The minimum atomic E-state index is -4.50. The predicted octanol–water partition coefficient (Wildman–Crippen LogP) is 0.214. The summed E-state index contributed by atoms with van der Waals surface area (Å²) in [6.45, 7) is 0. The van der Waals surface area contributed by atoms with Gasteiger partial charge in [-0.25, -0.2) is 16.8 Å². The van der Waals surface area contributed by atoms with Crippen molar-refractivity contribution in [3.8, 4) is 0 Å². The molecule has 2 heterocycles. The van der Waals surface area contributed by atoms with Gasteiger partial charge in [0.05, 0.1) is 9.85 Å². The lowest BCUT2D eigenvalue weighted by Crippen LogP contribution is -2.10. The van der Waals surface area contributed by atoms with Crippen molar-refractivity contribution in [2.24, 2.45) is 10.2 Å². The van der Waals surface area contributed by atoms with Crippen LogP contribution in [0.15, 0.2) is 54.6 Å². The number of hydrogen-bond donors (Lipinski definition) is 0. The van der Waals surface area contributed by atoms with Gasteiger partial charge in [-0.2, -0.15) is 0 Å². The summed E-state index contributed by atoms with van der Waals surface area (Å²) in [6.07, 6.45) is 2.87. The third kappa shape index (κ3) is 2.33. The Morgan fingerprint density at radius 1 is 0.727 bits per heavy atom. The topological polar surface area (TPSA) is 179 Å². The molecule has 0 unspecified atom stereocenters. The Kier molecular flexibility index (Phi) is 3.50. The highest BCUT2D eigenvalue weighted by molar-refractivity contribution is 7.99. The van der Waals surface area contributed by atoms with E-state index < -0.39 is 49.6 Å². The zero-order valence-corrected chi connectivity index (χ0v) is 11.8. The van der Waals surface area contributed by atoms with Crippen LogP contribution in [0.4, 0.5) is 0 Å². The highest BCUT2D eigenvalue weighted by Crippen LogP contribution is 2.29. The van der Waals surface area contributed by atoms with E-state index in [1.54, 1.807) is 0 Å². The Hall–Kier alpha value is -2.74. The average Bonchev–Trinajstić information content (AvgIpc) is 2.83. The first kappa shape index (κ1) is 15.6. The van der Waals surface area contributed by atoms with Crippen molar-refractivity contribution < 1.29 is 26.7 Å². The zero-order chi connectivity index (χ0) is 16.7. The summed E-state index contributed by atoms with van der Waals surface area (Å²) in [5, 5.41) is 23.3. The molecule has 22 heavy (non-hydrogen) atoms. The molecule has 2 aliphatic heterocycles. The van der Waals surface area contributed by atoms with Crippen LogP contribution in [0.3, 0.4) is 0 Å². The average molecular weight is 348 g/mol. The Labute approximate surface area is 122 Å². The summed E-state index contributed by atoms with van der Waals surface area (Å²) in [7, 11) is -8.99. The van der Waals surface area contributed by atoms with Crippen LogP contribution in [0.1, 0.15) is 0 Å². The van der Waals surface area contributed by atoms with Crippen LogP contribution in [0.5, 0.6) is 0 Å². The second-order valence-electron chi connectivity index (χ2n) is 3.74. The quantitative estimate of drug-likeness (QED) is 0.392. The van der Waals surface area contributed by atoms with Gasteiger partial charge in [-0.1, -0.05) is 0 Å². The van der Waals surface area contributed by atoms with E-state index in [9.17, 15) is 37.1 Å². The lowest BCUT2D eigenvalue weighted by Gasteiger charge is -1.96. The van der Waals surface area contributed by atoms with Gasteiger partial charge in [0, 0.05) is 12.2 Å². The molecular formula is C8H4N4O8S2. The normalized spacial score (nSPS) is 22.0. The Bertz CT molecular complexity index is 870. The highest BCUT2D eigenvalue weighted by atomic mass is 32.2. The summed E-state index contributed by atoms with van der Waals surface area (Å²) < 4.78 is 46.6. The van der Waals surface area contributed by atoms with E-state index in [2.05, 4.69) is 10.2 Å². The van der Waals surface area contributed by atoms with Gasteiger partial charge in [0.2, 0.25) is 0 Å². The van der Waals surface area contributed by atoms with Crippen LogP contribution < -0.4 is 0 Å². The third-order valence-corrected chi connectivity index (χ3v) is 5.65. The van der Waals surface area contributed by atoms with E-state index in [0.717, 1.165) is 12.2 Å². The predicted molar refractivity (Wildman–Crippen MR) is 69.0 cm³/mol. The summed E-state index contributed by atoms with van der Waals surface area (Å²) in [4.78, 5) is 18.7.